The van der Waals surface area contributed by atoms with E-state index >= 15 is 0 Å². The van der Waals surface area contributed by atoms with Gasteiger partial charge < -0.3 is 11.1 Å². The lowest BCUT2D eigenvalue weighted by Gasteiger charge is -2.12. The molecule has 0 aliphatic carbocycles. The van der Waals surface area contributed by atoms with Gasteiger partial charge in [0, 0.05) is 42.5 Å². The van der Waals surface area contributed by atoms with Crippen LogP contribution in [0.15, 0.2) is 41.6 Å². The Balaban J connectivity index is 1.68. The number of carbonyl (C=O) groups excluding carboxylic acids is 1. The van der Waals surface area contributed by atoms with Crippen molar-refractivity contribution in [3.63, 3.8) is 0 Å². The van der Waals surface area contributed by atoms with Crippen molar-refractivity contribution in [3.05, 3.63) is 85.8 Å². The summed E-state index contributed by atoms with van der Waals surface area (Å²) in [7, 11) is 0. The number of nitrogens with two attached hydrogens (primary N) is 1. The van der Waals surface area contributed by atoms with Crippen molar-refractivity contribution < 1.29 is 4.79 Å². The van der Waals surface area contributed by atoms with Crippen LogP contribution in [-0.4, -0.2) is 25.7 Å². The van der Waals surface area contributed by atoms with Crippen LogP contribution in [0.4, 0.5) is 0 Å². The average Bonchev–Trinajstić information content (AvgIpc) is 2.75. The minimum atomic E-state index is -0.277. The molecule has 0 aliphatic heterocycles. The summed E-state index contributed by atoms with van der Waals surface area (Å²) in [6, 6.07) is 5.39. The molecule has 0 radical (unpaired) electrons. The lowest BCUT2D eigenvalue weighted by atomic mass is 10.1. The Morgan fingerprint density at radius 1 is 1.19 bits per heavy atom. The zero-order valence-corrected chi connectivity index (χ0v) is 18.3. The SMILES string of the molecule is Cc1cncc(CCn2ncc(C)c(CC(=O)NCc3cc(Cl)ccc3CN)c2=O)n1. The Morgan fingerprint density at radius 3 is 2.74 bits per heavy atom. The van der Waals surface area contributed by atoms with Gasteiger partial charge in [0.1, 0.15) is 0 Å². The fraction of sp³-hybridized carbons (Fsp3) is 0.318. The van der Waals surface area contributed by atoms with Gasteiger partial charge in [-0.05, 0) is 42.7 Å². The fourth-order valence-electron chi connectivity index (χ4n) is 3.22. The number of carbonyl (C=O) groups is 1. The molecule has 0 spiro atoms. The molecule has 1 aromatic carbocycles. The standard InChI is InChI=1S/C22H25ClN6O2/c1-14-10-27-29(6-5-19-13-25-11-15(2)28-19)22(31)20(14)8-21(30)26-12-17-7-18(23)4-3-16(17)9-24/h3-4,7,10-11,13H,5-6,8-9,12,24H2,1-2H3,(H,26,30). The molecule has 1 amide bonds. The molecular formula is C22H25ClN6O2. The largest absolute Gasteiger partial charge is 0.352 e. The van der Waals surface area contributed by atoms with Crippen molar-refractivity contribution in [3.8, 4) is 0 Å². The van der Waals surface area contributed by atoms with Crippen LogP contribution < -0.4 is 16.6 Å². The van der Waals surface area contributed by atoms with Crippen molar-refractivity contribution in [2.24, 2.45) is 5.73 Å². The van der Waals surface area contributed by atoms with Crippen LogP contribution in [-0.2, 0) is 37.3 Å². The highest BCUT2D eigenvalue weighted by atomic mass is 35.5. The van der Waals surface area contributed by atoms with Crippen LogP contribution in [0.1, 0.15) is 33.6 Å². The number of aryl methyl sites for hydroxylation is 4. The molecule has 8 nitrogen and oxygen atoms in total. The summed E-state index contributed by atoms with van der Waals surface area (Å²) in [6.45, 7) is 4.63. The Bertz CT molecular complexity index is 1150. The second-order valence-corrected chi connectivity index (χ2v) is 7.74. The second-order valence-electron chi connectivity index (χ2n) is 7.31. The summed E-state index contributed by atoms with van der Waals surface area (Å²) in [5.41, 5.74) is 9.94. The van der Waals surface area contributed by atoms with E-state index in [1.165, 1.54) is 4.68 Å². The topological polar surface area (TPSA) is 116 Å². The molecule has 0 bridgehead atoms. The van der Waals surface area contributed by atoms with E-state index < -0.39 is 0 Å². The van der Waals surface area contributed by atoms with E-state index in [1.54, 1.807) is 37.6 Å². The van der Waals surface area contributed by atoms with Crippen LogP contribution in [0.25, 0.3) is 0 Å². The van der Waals surface area contributed by atoms with E-state index in [0.717, 1.165) is 22.5 Å². The van der Waals surface area contributed by atoms with Gasteiger partial charge in [-0.1, -0.05) is 17.7 Å². The summed E-state index contributed by atoms with van der Waals surface area (Å²) in [5, 5.41) is 7.63. The molecule has 3 aromatic rings. The second kappa shape index (κ2) is 10.3. The Labute approximate surface area is 185 Å². The maximum atomic E-state index is 12.9. The normalized spacial score (nSPS) is 10.8. The van der Waals surface area contributed by atoms with E-state index in [4.69, 9.17) is 17.3 Å². The van der Waals surface area contributed by atoms with Gasteiger partial charge in [0.25, 0.3) is 5.56 Å². The average molecular weight is 441 g/mol. The number of rotatable bonds is 8. The number of benzene rings is 1. The maximum absolute atomic E-state index is 12.9. The quantitative estimate of drug-likeness (QED) is 0.552. The zero-order valence-electron chi connectivity index (χ0n) is 17.6. The van der Waals surface area contributed by atoms with Crippen LogP contribution in [0.3, 0.4) is 0 Å². The van der Waals surface area contributed by atoms with Crippen LogP contribution in [0.2, 0.25) is 5.02 Å². The number of aromatic nitrogens is 4. The lowest BCUT2D eigenvalue weighted by Crippen LogP contribution is -2.32. The van der Waals surface area contributed by atoms with E-state index in [2.05, 4.69) is 20.4 Å². The van der Waals surface area contributed by atoms with Gasteiger partial charge in [-0.25, -0.2) is 4.68 Å². The molecule has 0 atom stereocenters. The Kier molecular flexibility index (Phi) is 7.49. The van der Waals surface area contributed by atoms with Gasteiger partial charge >= 0.3 is 0 Å². The molecule has 0 saturated carbocycles. The molecule has 2 aromatic heterocycles. The number of hydrogen-bond acceptors (Lipinski definition) is 6. The summed E-state index contributed by atoms with van der Waals surface area (Å²) in [5.74, 6) is -0.259. The molecule has 0 fully saturated rings. The first-order valence-electron chi connectivity index (χ1n) is 9.94. The molecule has 0 unspecified atom stereocenters. The number of hydrogen-bond donors (Lipinski definition) is 2. The smallest absolute Gasteiger partial charge is 0.270 e. The van der Waals surface area contributed by atoms with Gasteiger partial charge in [0.2, 0.25) is 5.91 Å². The van der Waals surface area contributed by atoms with E-state index in [-0.39, 0.29) is 24.4 Å². The van der Waals surface area contributed by atoms with Gasteiger partial charge in [-0.15, -0.1) is 0 Å². The predicted molar refractivity (Wildman–Crippen MR) is 119 cm³/mol. The highest BCUT2D eigenvalue weighted by Crippen LogP contribution is 2.16. The van der Waals surface area contributed by atoms with Gasteiger partial charge in [0.05, 0.1) is 30.6 Å². The van der Waals surface area contributed by atoms with Gasteiger partial charge in [0.15, 0.2) is 0 Å². The van der Waals surface area contributed by atoms with E-state index in [0.29, 0.717) is 35.7 Å². The molecule has 3 N–H and O–H groups in total. The molecule has 162 valence electrons. The number of nitrogens with one attached hydrogen (secondary N) is 1. The molecule has 3 rings (SSSR count). The predicted octanol–water partition coefficient (Wildman–Crippen LogP) is 1.86. The van der Waals surface area contributed by atoms with Crippen molar-refractivity contribution >= 4 is 17.5 Å². The first kappa shape index (κ1) is 22.6. The van der Waals surface area contributed by atoms with Crippen molar-refractivity contribution in [2.45, 2.75) is 46.3 Å². The van der Waals surface area contributed by atoms with Crippen LogP contribution in [0, 0.1) is 13.8 Å². The minimum Gasteiger partial charge on any atom is -0.352 e. The monoisotopic (exact) mass is 440 g/mol. The first-order valence-corrected chi connectivity index (χ1v) is 10.3. The Hall–Kier alpha value is -3.10. The highest BCUT2D eigenvalue weighted by molar-refractivity contribution is 6.30. The summed E-state index contributed by atoms with van der Waals surface area (Å²) >= 11 is 6.05. The van der Waals surface area contributed by atoms with E-state index in [9.17, 15) is 9.59 Å². The number of nitrogens with zero attached hydrogens (tertiary/aromatic N) is 4. The minimum absolute atomic E-state index is 0.0318. The first-order chi connectivity index (χ1) is 14.9. The summed E-state index contributed by atoms with van der Waals surface area (Å²) in [4.78, 5) is 33.9. The Morgan fingerprint density at radius 2 is 2.00 bits per heavy atom. The fourth-order valence-corrected chi connectivity index (χ4v) is 3.41. The third kappa shape index (κ3) is 5.96. The lowest BCUT2D eigenvalue weighted by molar-refractivity contribution is -0.120. The van der Waals surface area contributed by atoms with Gasteiger partial charge in [-0.2, -0.15) is 5.10 Å². The number of halogens is 1. The molecule has 31 heavy (non-hydrogen) atoms. The van der Waals surface area contributed by atoms with Crippen molar-refractivity contribution in [2.75, 3.05) is 0 Å². The van der Waals surface area contributed by atoms with Crippen molar-refractivity contribution in [1.82, 2.24) is 25.1 Å². The summed E-state index contributed by atoms with van der Waals surface area (Å²) < 4.78 is 1.36. The third-order valence-electron chi connectivity index (χ3n) is 4.95. The van der Waals surface area contributed by atoms with E-state index in [1.807, 2.05) is 13.0 Å². The van der Waals surface area contributed by atoms with Crippen LogP contribution >= 0.6 is 11.6 Å². The zero-order chi connectivity index (χ0) is 22.4. The van der Waals surface area contributed by atoms with Crippen molar-refractivity contribution in [1.29, 1.82) is 0 Å². The van der Waals surface area contributed by atoms with Crippen LogP contribution in [0.5, 0.6) is 0 Å². The molecule has 0 aliphatic rings. The molecule has 9 heteroatoms. The summed E-state index contributed by atoms with van der Waals surface area (Å²) in [6.07, 6.45) is 5.45. The third-order valence-corrected chi connectivity index (χ3v) is 5.18. The number of amides is 1. The molecular weight excluding hydrogens is 416 g/mol. The highest BCUT2D eigenvalue weighted by Gasteiger charge is 2.14. The maximum Gasteiger partial charge on any atom is 0.270 e. The molecule has 2 heterocycles. The van der Waals surface area contributed by atoms with Gasteiger partial charge in [-0.3, -0.25) is 19.6 Å². The molecule has 0 saturated heterocycles.